The van der Waals surface area contributed by atoms with Crippen molar-refractivity contribution in [1.29, 1.82) is 0 Å². The summed E-state index contributed by atoms with van der Waals surface area (Å²) in [6, 6.07) is 8.76. The fourth-order valence-electron chi connectivity index (χ4n) is 2.05. The van der Waals surface area contributed by atoms with E-state index in [-0.39, 0.29) is 5.41 Å². The van der Waals surface area contributed by atoms with Gasteiger partial charge in [0.2, 0.25) is 5.16 Å². The molecule has 0 amide bonds. The summed E-state index contributed by atoms with van der Waals surface area (Å²) in [5.41, 5.74) is 2.81. The Morgan fingerprint density at radius 3 is 2.38 bits per heavy atom. The molecule has 0 radical (unpaired) electrons. The first kappa shape index (κ1) is 15.9. The topological polar surface area (TPSA) is 56.7 Å². The molecule has 0 aliphatic carbocycles. The standard InChI is InChI=1S/C16H24N4S/c1-5-6-14-18-19-15(20(14)17)21-11-12-7-9-13(10-8-12)16(2,3)4/h7-10H,5-6,11,17H2,1-4H3. The lowest BCUT2D eigenvalue weighted by atomic mass is 9.87. The van der Waals surface area contributed by atoms with Crippen molar-refractivity contribution in [3.63, 3.8) is 0 Å². The van der Waals surface area contributed by atoms with Crippen molar-refractivity contribution in [2.45, 2.75) is 56.9 Å². The molecule has 0 unspecified atom stereocenters. The summed E-state index contributed by atoms with van der Waals surface area (Å²) in [6.45, 7) is 8.78. The molecule has 2 aromatic rings. The van der Waals surface area contributed by atoms with Gasteiger partial charge in [-0.1, -0.05) is 63.7 Å². The predicted molar refractivity (Wildman–Crippen MR) is 88.9 cm³/mol. The average Bonchev–Trinajstić information content (AvgIpc) is 2.78. The maximum absolute atomic E-state index is 6.01. The van der Waals surface area contributed by atoms with E-state index >= 15 is 0 Å². The second kappa shape index (κ2) is 6.52. The van der Waals surface area contributed by atoms with Crippen LogP contribution in [0.3, 0.4) is 0 Å². The number of nitrogens with two attached hydrogens (primary N) is 1. The minimum Gasteiger partial charge on any atom is -0.336 e. The fraction of sp³-hybridized carbons (Fsp3) is 0.500. The van der Waals surface area contributed by atoms with Gasteiger partial charge in [0.25, 0.3) is 0 Å². The molecular formula is C16H24N4S. The van der Waals surface area contributed by atoms with Gasteiger partial charge in [-0.05, 0) is 23.0 Å². The molecule has 1 aromatic heterocycles. The van der Waals surface area contributed by atoms with Crippen LogP contribution in [-0.4, -0.2) is 14.9 Å². The van der Waals surface area contributed by atoms with E-state index in [9.17, 15) is 0 Å². The van der Waals surface area contributed by atoms with Crippen LogP contribution in [0, 0.1) is 0 Å². The minimum absolute atomic E-state index is 0.193. The van der Waals surface area contributed by atoms with Crippen molar-refractivity contribution in [3.05, 3.63) is 41.2 Å². The van der Waals surface area contributed by atoms with E-state index < -0.39 is 0 Å². The number of nitrogens with zero attached hydrogens (tertiary/aromatic N) is 3. The molecule has 5 heteroatoms. The van der Waals surface area contributed by atoms with Crippen molar-refractivity contribution in [2.24, 2.45) is 0 Å². The molecule has 4 nitrogen and oxygen atoms in total. The smallest absolute Gasteiger partial charge is 0.210 e. The molecule has 0 fully saturated rings. The number of hydrogen-bond donors (Lipinski definition) is 1. The Hall–Kier alpha value is -1.49. The Kier molecular flexibility index (Phi) is 4.93. The maximum Gasteiger partial charge on any atom is 0.210 e. The zero-order valence-electron chi connectivity index (χ0n) is 13.3. The summed E-state index contributed by atoms with van der Waals surface area (Å²) in [6.07, 6.45) is 1.89. The third-order valence-corrected chi connectivity index (χ3v) is 4.41. The van der Waals surface area contributed by atoms with Gasteiger partial charge >= 0.3 is 0 Å². The van der Waals surface area contributed by atoms with Crippen molar-refractivity contribution in [2.75, 3.05) is 5.84 Å². The van der Waals surface area contributed by atoms with E-state index in [1.807, 2.05) is 0 Å². The van der Waals surface area contributed by atoms with Crippen molar-refractivity contribution in [1.82, 2.24) is 14.9 Å². The van der Waals surface area contributed by atoms with Crippen LogP contribution in [0.4, 0.5) is 0 Å². The number of nitrogen functional groups attached to an aromatic ring is 1. The third kappa shape index (κ3) is 4.00. The van der Waals surface area contributed by atoms with Crippen LogP contribution in [0.25, 0.3) is 0 Å². The summed E-state index contributed by atoms with van der Waals surface area (Å²) < 4.78 is 1.61. The number of aryl methyl sites for hydroxylation is 1. The normalized spacial score (nSPS) is 11.8. The van der Waals surface area contributed by atoms with Crippen LogP contribution in [0.5, 0.6) is 0 Å². The summed E-state index contributed by atoms with van der Waals surface area (Å²) in [5, 5.41) is 9.06. The molecule has 0 saturated heterocycles. The highest BCUT2D eigenvalue weighted by Gasteiger charge is 2.13. The number of rotatable bonds is 5. The molecule has 21 heavy (non-hydrogen) atoms. The van der Waals surface area contributed by atoms with Crippen molar-refractivity contribution < 1.29 is 0 Å². The zero-order valence-corrected chi connectivity index (χ0v) is 14.1. The third-order valence-electron chi connectivity index (χ3n) is 3.40. The Morgan fingerprint density at radius 1 is 1.14 bits per heavy atom. The zero-order chi connectivity index (χ0) is 15.5. The first-order valence-electron chi connectivity index (χ1n) is 7.33. The molecule has 0 saturated carbocycles. The van der Waals surface area contributed by atoms with Gasteiger partial charge in [0.05, 0.1) is 0 Å². The number of hydrogen-bond acceptors (Lipinski definition) is 4. The lowest BCUT2D eigenvalue weighted by molar-refractivity contribution is 0.590. The highest BCUT2D eigenvalue weighted by molar-refractivity contribution is 7.98. The van der Waals surface area contributed by atoms with Gasteiger partial charge in [-0.15, -0.1) is 10.2 Å². The molecule has 1 aromatic carbocycles. The van der Waals surface area contributed by atoms with Crippen molar-refractivity contribution >= 4 is 11.8 Å². The lowest BCUT2D eigenvalue weighted by Gasteiger charge is -2.19. The number of thioether (sulfide) groups is 1. The van der Waals surface area contributed by atoms with Gasteiger partial charge in [0.1, 0.15) is 0 Å². The van der Waals surface area contributed by atoms with Crippen LogP contribution >= 0.6 is 11.8 Å². The molecule has 114 valence electrons. The molecule has 0 atom stereocenters. The summed E-state index contributed by atoms with van der Waals surface area (Å²) in [4.78, 5) is 0. The van der Waals surface area contributed by atoms with Gasteiger partial charge in [0.15, 0.2) is 5.82 Å². The van der Waals surface area contributed by atoms with Crippen LogP contribution in [0.15, 0.2) is 29.4 Å². The van der Waals surface area contributed by atoms with E-state index in [4.69, 9.17) is 5.84 Å². The molecule has 0 bridgehead atoms. The average molecular weight is 304 g/mol. The number of aromatic nitrogens is 3. The highest BCUT2D eigenvalue weighted by Crippen LogP contribution is 2.25. The molecule has 0 spiro atoms. The van der Waals surface area contributed by atoms with Crippen LogP contribution in [-0.2, 0) is 17.6 Å². The van der Waals surface area contributed by atoms with Gasteiger partial charge in [-0.2, -0.15) is 0 Å². The maximum atomic E-state index is 6.01. The van der Waals surface area contributed by atoms with E-state index in [1.54, 1.807) is 16.4 Å². The van der Waals surface area contributed by atoms with E-state index in [1.165, 1.54) is 11.1 Å². The van der Waals surface area contributed by atoms with Crippen LogP contribution < -0.4 is 5.84 Å². The molecule has 0 aliphatic heterocycles. The Balaban J connectivity index is 2.00. The Labute approximate surface area is 131 Å². The quantitative estimate of drug-likeness (QED) is 0.678. The van der Waals surface area contributed by atoms with E-state index in [0.717, 1.165) is 29.6 Å². The minimum atomic E-state index is 0.193. The summed E-state index contributed by atoms with van der Waals surface area (Å²) in [5.74, 6) is 7.71. The van der Waals surface area contributed by atoms with Gasteiger partial charge in [0, 0.05) is 12.2 Å². The second-order valence-corrected chi connectivity index (χ2v) is 7.20. The molecule has 2 rings (SSSR count). The molecular weight excluding hydrogens is 280 g/mol. The largest absolute Gasteiger partial charge is 0.336 e. The Morgan fingerprint density at radius 2 is 1.81 bits per heavy atom. The van der Waals surface area contributed by atoms with Gasteiger partial charge in [-0.25, -0.2) is 4.68 Å². The number of benzene rings is 1. The molecule has 0 aliphatic rings. The van der Waals surface area contributed by atoms with Gasteiger partial charge < -0.3 is 5.84 Å². The Bertz CT molecular complexity index is 581. The van der Waals surface area contributed by atoms with Crippen LogP contribution in [0.1, 0.15) is 51.1 Å². The summed E-state index contributed by atoms with van der Waals surface area (Å²) in [7, 11) is 0. The second-order valence-electron chi connectivity index (χ2n) is 6.25. The first-order valence-corrected chi connectivity index (χ1v) is 8.32. The fourth-order valence-corrected chi connectivity index (χ4v) is 2.88. The predicted octanol–water partition coefficient (Wildman–Crippen LogP) is 3.53. The van der Waals surface area contributed by atoms with Crippen LogP contribution in [0.2, 0.25) is 0 Å². The highest BCUT2D eigenvalue weighted by atomic mass is 32.2. The van der Waals surface area contributed by atoms with E-state index in [0.29, 0.717) is 0 Å². The molecule has 1 heterocycles. The molecule has 2 N–H and O–H groups in total. The first-order chi connectivity index (χ1) is 9.91. The van der Waals surface area contributed by atoms with E-state index in [2.05, 4.69) is 62.2 Å². The SMILES string of the molecule is CCCc1nnc(SCc2ccc(C(C)(C)C)cc2)n1N. The van der Waals surface area contributed by atoms with Crippen molar-refractivity contribution in [3.8, 4) is 0 Å². The summed E-state index contributed by atoms with van der Waals surface area (Å²) >= 11 is 1.62. The van der Waals surface area contributed by atoms with Gasteiger partial charge in [-0.3, -0.25) is 0 Å². The monoisotopic (exact) mass is 304 g/mol. The lowest BCUT2D eigenvalue weighted by Crippen LogP contribution is -2.13.